The number of hydrogen-bond donors (Lipinski definition) is 1. The van der Waals surface area contributed by atoms with Crippen molar-refractivity contribution < 1.29 is 0 Å². The Balaban J connectivity index is 1.83. The second kappa shape index (κ2) is 6.27. The van der Waals surface area contributed by atoms with Crippen LogP contribution in [0.25, 0.3) is 22.2 Å². The van der Waals surface area contributed by atoms with Crippen LogP contribution in [-0.4, -0.2) is 33.0 Å². The molecule has 1 saturated heterocycles. The number of piperidine rings is 1. The van der Waals surface area contributed by atoms with E-state index in [4.69, 9.17) is 0 Å². The van der Waals surface area contributed by atoms with E-state index in [1.54, 1.807) is 18.6 Å². The molecule has 1 N–H and O–H groups in total. The van der Waals surface area contributed by atoms with Crippen molar-refractivity contribution in [3.8, 4) is 11.1 Å². The predicted octanol–water partition coefficient (Wildman–Crippen LogP) is 2.86. The molecule has 25 heavy (non-hydrogen) atoms. The van der Waals surface area contributed by atoms with Crippen molar-refractivity contribution in [2.24, 2.45) is 11.8 Å². The van der Waals surface area contributed by atoms with Crippen LogP contribution in [0.3, 0.4) is 0 Å². The molecule has 3 aromatic rings. The molecule has 4 heterocycles. The molecular weight excluding hydrogens is 314 g/mol. The molecule has 1 aliphatic rings. The highest BCUT2D eigenvalue weighted by Crippen LogP contribution is 2.26. The SMILES string of the molecule is CC1CC(C)CN(c2nc3nccc(-c4cccnc4)c3c(=O)[nH]2)C1. The van der Waals surface area contributed by atoms with Crippen molar-refractivity contribution in [3.63, 3.8) is 0 Å². The van der Waals surface area contributed by atoms with E-state index in [1.165, 1.54) is 6.42 Å². The van der Waals surface area contributed by atoms with E-state index in [0.29, 0.717) is 28.8 Å². The summed E-state index contributed by atoms with van der Waals surface area (Å²) in [7, 11) is 0. The van der Waals surface area contributed by atoms with Crippen LogP contribution in [0.4, 0.5) is 5.95 Å². The fourth-order valence-electron chi connectivity index (χ4n) is 3.80. The second-order valence-electron chi connectivity index (χ2n) is 7.04. The number of hydrogen-bond acceptors (Lipinski definition) is 5. The highest BCUT2D eigenvalue weighted by molar-refractivity contribution is 5.91. The van der Waals surface area contributed by atoms with Crippen molar-refractivity contribution >= 4 is 17.0 Å². The lowest BCUT2D eigenvalue weighted by Gasteiger charge is -2.35. The number of aromatic amines is 1. The molecule has 6 heteroatoms. The van der Waals surface area contributed by atoms with Crippen molar-refractivity contribution in [2.45, 2.75) is 20.3 Å². The van der Waals surface area contributed by atoms with Gasteiger partial charge in [-0.05, 0) is 30.4 Å². The van der Waals surface area contributed by atoms with Gasteiger partial charge in [0, 0.05) is 42.8 Å². The maximum absolute atomic E-state index is 12.8. The van der Waals surface area contributed by atoms with E-state index in [1.807, 2.05) is 18.2 Å². The zero-order valence-electron chi connectivity index (χ0n) is 14.4. The fourth-order valence-corrected chi connectivity index (χ4v) is 3.80. The largest absolute Gasteiger partial charge is 0.342 e. The minimum atomic E-state index is -0.155. The summed E-state index contributed by atoms with van der Waals surface area (Å²) in [5.41, 5.74) is 2.01. The van der Waals surface area contributed by atoms with Crippen LogP contribution in [0.15, 0.2) is 41.6 Å². The highest BCUT2D eigenvalue weighted by Gasteiger charge is 2.24. The zero-order chi connectivity index (χ0) is 17.4. The van der Waals surface area contributed by atoms with Crippen LogP contribution in [0.5, 0.6) is 0 Å². The van der Waals surface area contributed by atoms with Crippen LogP contribution in [0.1, 0.15) is 20.3 Å². The highest BCUT2D eigenvalue weighted by atomic mass is 16.1. The Morgan fingerprint density at radius 1 is 1.16 bits per heavy atom. The van der Waals surface area contributed by atoms with Gasteiger partial charge in [0.05, 0.1) is 5.39 Å². The van der Waals surface area contributed by atoms with Crippen molar-refractivity contribution in [1.82, 2.24) is 19.9 Å². The quantitative estimate of drug-likeness (QED) is 0.779. The minimum Gasteiger partial charge on any atom is -0.342 e. The van der Waals surface area contributed by atoms with Gasteiger partial charge in [-0.1, -0.05) is 19.9 Å². The van der Waals surface area contributed by atoms with Gasteiger partial charge in [-0.2, -0.15) is 4.98 Å². The number of nitrogens with zero attached hydrogens (tertiary/aromatic N) is 4. The summed E-state index contributed by atoms with van der Waals surface area (Å²) in [5.74, 6) is 1.78. The average Bonchev–Trinajstić information content (AvgIpc) is 2.61. The molecule has 3 aromatic heterocycles. The molecule has 1 aliphatic heterocycles. The Kier molecular flexibility index (Phi) is 3.95. The summed E-state index contributed by atoms with van der Waals surface area (Å²) in [6.07, 6.45) is 6.36. The molecule has 2 atom stereocenters. The van der Waals surface area contributed by atoms with Gasteiger partial charge >= 0.3 is 0 Å². The minimum absolute atomic E-state index is 0.155. The van der Waals surface area contributed by atoms with Crippen LogP contribution >= 0.6 is 0 Å². The average molecular weight is 335 g/mol. The summed E-state index contributed by atoms with van der Waals surface area (Å²) in [6.45, 7) is 6.28. The molecule has 0 amide bonds. The molecule has 0 bridgehead atoms. The molecule has 2 unspecified atom stereocenters. The number of fused-ring (bicyclic) bond motifs is 1. The second-order valence-corrected chi connectivity index (χ2v) is 7.04. The van der Waals surface area contributed by atoms with Crippen LogP contribution in [0, 0.1) is 11.8 Å². The van der Waals surface area contributed by atoms with Gasteiger partial charge in [-0.25, -0.2) is 4.98 Å². The molecule has 4 rings (SSSR count). The number of H-pyrrole nitrogens is 1. The van der Waals surface area contributed by atoms with Gasteiger partial charge in [0.2, 0.25) is 5.95 Å². The predicted molar refractivity (Wildman–Crippen MR) is 98.5 cm³/mol. The molecular formula is C19H21N5O. The molecule has 1 fully saturated rings. The maximum Gasteiger partial charge on any atom is 0.262 e. The maximum atomic E-state index is 12.8. The third-order valence-corrected chi connectivity index (χ3v) is 4.74. The van der Waals surface area contributed by atoms with Gasteiger partial charge < -0.3 is 4.90 Å². The summed E-state index contributed by atoms with van der Waals surface area (Å²) in [5, 5.41) is 0.511. The van der Waals surface area contributed by atoms with Crippen LogP contribution in [0.2, 0.25) is 0 Å². The lowest BCUT2D eigenvalue weighted by molar-refractivity contribution is 0.353. The number of aromatic nitrogens is 4. The van der Waals surface area contributed by atoms with E-state index in [-0.39, 0.29) is 5.56 Å². The molecule has 0 aliphatic carbocycles. The zero-order valence-corrected chi connectivity index (χ0v) is 14.4. The third-order valence-electron chi connectivity index (χ3n) is 4.74. The first-order chi connectivity index (χ1) is 12.1. The van der Waals surface area contributed by atoms with Crippen LogP contribution in [-0.2, 0) is 0 Å². The van der Waals surface area contributed by atoms with Crippen molar-refractivity contribution in [1.29, 1.82) is 0 Å². The van der Waals surface area contributed by atoms with Gasteiger partial charge in [0.25, 0.3) is 5.56 Å². The molecule has 6 nitrogen and oxygen atoms in total. The van der Waals surface area contributed by atoms with Gasteiger partial charge in [-0.3, -0.25) is 14.8 Å². The van der Waals surface area contributed by atoms with E-state index in [9.17, 15) is 4.79 Å². The van der Waals surface area contributed by atoms with E-state index in [2.05, 4.69) is 38.7 Å². The molecule has 0 aromatic carbocycles. The monoisotopic (exact) mass is 335 g/mol. The summed E-state index contributed by atoms with van der Waals surface area (Å²) in [4.78, 5) is 31.1. The number of nitrogens with one attached hydrogen (secondary N) is 1. The Labute approximate surface area is 146 Å². The fraction of sp³-hybridized carbons (Fsp3) is 0.368. The Hall–Kier alpha value is -2.76. The molecule has 0 radical (unpaired) electrons. The van der Waals surface area contributed by atoms with Crippen LogP contribution < -0.4 is 10.5 Å². The molecule has 0 saturated carbocycles. The summed E-state index contributed by atoms with van der Waals surface area (Å²) < 4.78 is 0. The third kappa shape index (κ3) is 2.99. The van der Waals surface area contributed by atoms with Crippen molar-refractivity contribution in [2.75, 3.05) is 18.0 Å². The van der Waals surface area contributed by atoms with E-state index >= 15 is 0 Å². The topological polar surface area (TPSA) is 74.8 Å². The van der Waals surface area contributed by atoms with Gasteiger partial charge in [0.15, 0.2) is 5.65 Å². The smallest absolute Gasteiger partial charge is 0.262 e. The van der Waals surface area contributed by atoms with Gasteiger partial charge in [-0.15, -0.1) is 0 Å². The molecule has 128 valence electrons. The normalized spacial score (nSPS) is 20.8. The number of rotatable bonds is 2. The Bertz CT molecular complexity index is 943. The number of pyridine rings is 2. The Morgan fingerprint density at radius 3 is 2.68 bits per heavy atom. The Morgan fingerprint density at radius 2 is 1.96 bits per heavy atom. The van der Waals surface area contributed by atoms with Crippen molar-refractivity contribution in [3.05, 3.63) is 47.1 Å². The summed E-state index contributed by atoms with van der Waals surface area (Å²) in [6, 6.07) is 5.62. The number of anilines is 1. The first kappa shape index (κ1) is 15.7. The van der Waals surface area contributed by atoms with Gasteiger partial charge in [0.1, 0.15) is 0 Å². The first-order valence-corrected chi connectivity index (χ1v) is 8.66. The lowest BCUT2D eigenvalue weighted by atomic mass is 9.92. The summed E-state index contributed by atoms with van der Waals surface area (Å²) >= 11 is 0. The standard InChI is InChI=1S/C19H21N5O/c1-12-8-13(2)11-24(10-12)19-22-17-16(18(25)23-19)15(5-7-21-17)14-4-3-6-20-9-14/h3-7,9,12-13H,8,10-11H2,1-2H3,(H,21,22,23,25). The lowest BCUT2D eigenvalue weighted by Crippen LogP contribution is -2.40. The van der Waals surface area contributed by atoms with E-state index < -0.39 is 0 Å². The van der Waals surface area contributed by atoms with E-state index in [0.717, 1.165) is 24.2 Å². The molecule has 0 spiro atoms. The first-order valence-electron chi connectivity index (χ1n) is 8.66.